The van der Waals surface area contributed by atoms with Gasteiger partial charge in [0.15, 0.2) is 11.5 Å². The van der Waals surface area contributed by atoms with Crippen molar-refractivity contribution in [1.29, 1.82) is 0 Å². The van der Waals surface area contributed by atoms with E-state index in [1.165, 1.54) is 0 Å². The number of nitrogens with one attached hydrogen (secondary N) is 1. The van der Waals surface area contributed by atoms with Gasteiger partial charge < -0.3 is 19.5 Å². The SMILES string of the molecule is CCNC(CC)C(C)Oc1ccc2c(c1)OCO2. The molecule has 0 bridgehead atoms. The van der Waals surface area contributed by atoms with Gasteiger partial charge in [0.2, 0.25) is 6.79 Å². The van der Waals surface area contributed by atoms with E-state index in [-0.39, 0.29) is 6.10 Å². The smallest absolute Gasteiger partial charge is 0.231 e. The largest absolute Gasteiger partial charge is 0.489 e. The van der Waals surface area contributed by atoms with Gasteiger partial charge in [-0.15, -0.1) is 0 Å². The highest BCUT2D eigenvalue weighted by molar-refractivity contribution is 5.46. The first-order valence-corrected chi connectivity index (χ1v) is 6.54. The van der Waals surface area contributed by atoms with Crippen molar-refractivity contribution in [3.63, 3.8) is 0 Å². The van der Waals surface area contributed by atoms with Crippen molar-refractivity contribution < 1.29 is 14.2 Å². The fourth-order valence-electron chi connectivity index (χ4n) is 2.15. The van der Waals surface area contributed by atoms with Crippen molar-refractivity contribution in [2.24, 2.45) is 0 Å². The van der Waals surface area contributed by atoms with Gasteiger partial charge >= 0.3 is 0 Å². The molecule has 0 amide bonds. The van der Waals surface area contributed by atoms with E-state index in [1.807, 2.05) is 18.2 Å². The lowest BCUT2D eigenvalue weighted by Gasteiger charge is -2.24. The molecule has 0 aliphatic carbocycles. The van der Waals surface area contributed by atoms with Gasteiger partial charge in [-0.1, -0.05) is 13.8 Å². The van der Waals surface area contributed by atoms with Crippen LogP contribution in [-0.2, 0) is 0 Å². The van der Waals surface area contributed by atoms with E-state index < -0.39 is 0 Å². The minimum Gasteiger partial charge on any atom is -0.489 e. The molecule has 2 rings (SSSR count). The van der Waals surface area contributed by atoms with Crippen LogP contribution in [0.25, 0.3) is 0 Å². The minimum absolute atomic E-state index is 0.121. The molecular weight excluding hydrogens is 230 g/mol. The summed E-state index contributed by atoms with van der Waals surface area (Å²) >= 11 is 0. The summed E-state index contributed by atoms with van der Waals surface area (Å²) in [5, 5.41) is 3.42. The lowest BCUT2D eigenvalue weighted by molar-refractivity contribution is 0.166. The Morgan fingerprint density at radius 3 is 2.78 bits per heavy atom. The van der Waals surface area contributed by atoms with Crippen LogP contribution in [-0.4, -0.2) is 25.5 Å². The predicted octanol–water partition coefficient (Wildman–Crippen LogP) is 2.57. The van der Waals surface area contributed by atoms with Crippen molar-refractivity contribution in [2.45, 2.75) is 39.3 Å². The molecule has 0 fully saturated rings. The zero-order chi connectivity index (χ0) is 13.0. The van der Waals surface area contributed by atoms with E-state index in [2.05, 4.69) is 26.1 Å². The Bertz CT molecular complexity index is 395. The summed E-state index contributed by atoms with van der Waals surface area (Å²) in [4.78, 5) is 0. The van der Waals surface area contributed by atoms with Crippen LogP contribution in [0, 0.1) is 0 Å². The van der Waals surface area contributed by atoms with Crippen molar-refractivity contribution >= 4 is 0 Å². The molecule has 1 N–H and O–H groups in total. The average molecular weight is 251 g/mol. The second-order valence-corrected chi connectivity index (χ2v) is 4.41. The highest BCUT2D eigenvalue weighted by Gasteiger charge is 2.18. The van der Waals surface area contributed by atoms with E-state index in [0.717, 1.165) is 30.2 Å². The Kier molecular flexibility index (Phi) is 4.31. The molecule has 0 aromatic heterocycles. The van der Waals surface area contributed by atoms with Crippen LogP contribution in [0.2, 0.25) is 0 Å². The topological polar surface area (TPSA) is 39.7 Å². The summed E-state index contributed by atoms with van der Waals surface area (Å²) in [6.45, 7) is 7.60. The van der Waals surface area contributed by atoms with Gasteiger partial charge in [0, 0.05) is 12.1 Å². The molecule has 1 heterocycles. The Hall–Kier alpha value is -1.42. The number of fused-ring (bicyclic) bond motifs is 1. The fraction of sp³-hybridized carbons (Fsp3) is 0.571. The van der Waals surface area contributed by atoms with Gasteiger partial charge in [0.25, 0.3) is 0 Å². The molecule has 18 heavy (non-hydrogen) atoms. The van der Waals surface area contributed by atoms with Gasteiger partial charge in [-0.3, -0.25) is 0 Å². The van der Waals surface area contributed by atoms with Gasteiger partial charge in [-0.25, -0.2) is 0 Å². The maximum atomic E-state index is 5.95. The lowest BCUT2D eigenvalue weighted by Crippen LogP contribution is -2.40. The summed E-state index contributed by atoms with van der Waals surface area (Å²) < 4.78 is 16.6. The third kappa shape index (κ3) is 2.88. The quantitative estimate of drug-likeness (QED) is 0.843. The summed E-state index contributed by atoms with van der Waals surface area (Å²) in [6, 6.07) is 6.05. The molecule has 0 radical (unpaired) electrons. The van der Waals surface area contributed by atoms with Crippen LogP contribution in [0.4, 0.5) is 0 Å². The van der Waals surface area contributed by atoms with Gasteiger partial charge in [0.1, 0.15) is 11.9 Å². The highest BCUT2D eigenvalue weighted by Crippen LogP contribution is 2.35. The van der Waals surface area contributed by atoms with Crippen molar-refractivity contribution in [3.8, 4) is 17.2 Å². The molecule has 1 aromatic carbocycles. The Labute approximate surface area is 108 Å². The van der Waals surface area contributed by atoms with Crippen LogP contribution in [0.15, 0.2) is 18.2 Å². The van der Waals surface area contributed by atoms with E-state index in [0.29, 0.717) is 12.8 Å². The first kappa shape index (κ1) is 13.0. The van der Waals surface area contributed by atoms with E-state index in [1.54, 1.807) is 0 Å². The monoisotopic (exact) mass is 251 g/mol. The van der Waals surface area contributed by atoms with E-state index >= 15 is 0 Å². The molecule has 100 valence electrons. The Balaban J connectivity index is 2.00. The summed E-state index contributed by atoms with van der Waals surface area (Å²) in [5.41, 5.74) is 0. The zero-order valence-electron chi connectivity index (χ0n) is 11.2. The molecule has 0 spiro atoms. The fourth-order valence-corrected chi connectivity index (χ4v) is 2.15. The standard InChI is InChI=1S/C14H21NO3/c1-4-12(15-5-2)10(3)18-11-6-7-13-14(8-11)17-9-16-13/h6-8,10,12,15H,4-5,9H2,1-3H3. The van der Waals surface area contributed by atoms with E-state index in [4.69, 9.17) is 14.2 Å². The molecule has 2 unspecified atom stereocenters. The molecule has 4 heteroatoms. The molecule has 0 saturated heterocycles. The summed E-state index contributed by atoms with van der Waals surface area (Å²) in [6.07, 6.45) is 1.16. The Morgan fingerprint density at radius 1 is 1.28 bits per heavy atom. The maximum Gasteiger partial charge on any atom is 0.231 e. The van der Waals surface area contributed by atoms with Crippen LogP contribution in [0.5, 0.6) is 17.2 Å². The number of likely N-dealkylation sites (N-methyl/N-ethyl adjacent to an activating group) is 1. The molecule has 0 saturated carbocycles. The molecule has 1 aliphatic rings. The molecule has 4 nitrogen and oxygen atoms in total. The van der Waals surface area contributed by atoms with Crippen LogP contribution < -0.4 is 19.5 Å². The van der Waals surface area contributed by atoms with E-state index in [9.17, 15) is 0 Å². The third-order valence-electron chi connectivity index (χ3n) is 3.14. The number of benzene rings is 1. The first-order valence-electron chi connectivity index (χ1n) is 6.54. The van der Waals surface area contributed by atoms with Crippen LogP contribution in [0.3, 0.4) is 0 Å². The zero-order valence-corrected chi connectivity index (χ0v) is 11.2. The van der Waals surface area contributed by atoms with Crippen LogP contribution >= 0.6 is 0 Å². The van der Waals surface area contributed by atoms with Gasteiger partial charge in [0.05, 0.1) is 0 Å². The second-order valence-electron chi connectivity index (χ2n) is 4.41. The minimum atomic E-state index is 0.121. The summed E-state index contributed by atoms with van der Waals surface area (Å²) in [5.74, 6) is 2.37. The second kappa shape index (κ2) is 5.96. The first-order chi connectivity index (χ1) is 8.74. The average Bonchev–Trinajstić information content (AvgIpc) is 2.83. The predicted molar refractivity (Wildman–Crippen MR) is 70.4 cm³/mol. The molecule has 1 aliphatic heterocycles. The lowest BCUT2D eigenvalue weighted by atomic mass is 10.1. The van der Waals surface area contributed by atoms with Crippen LogP contribution in [0.1, 0.15) is 27.2 Å². The van der Waals surface area contributed by atoms with Crippen molar-refractivity contribution in [3.05, 3.63) is 18.2 Å². The maximum absolute atomic E-state index is 5.95. The number of rotatable bonds is 6. The number of hydrogen-bond acceptors (Lipinski definition) is 4. The van der Waals surface area contributed by atoms with Gasteiger partial charge in [-0.2, -0.15) is 0 Å². The highest BCUT2D eigenvalue weighted by atomic mass is 16.7. The number of ether oxygens (including phenoxy) is 3. The van der Waals surface area contributed by atoms with Crippen molar-refractivity contribution in [1.82, 2.24) is 5.32 Å². The van der Waals surface area contributed by atoms with Gasteiger partial charge in [-0.05, 0) is 32.0 Å². The normalized spacial score (nSPS) is 16.4. The third-order valence-corrected chi connectivity index (χ3v) is 3.14. The summed E-state index contributed by atoms with van der Waals surface area (Å²) in [7, 11) is 0. The molecular formula is C14H21NO3. The van der Waals surface area contributed by atoms with Crippen molar-refractivity contribution in [2.75, 3.05) is 13.3 Å². The molecule has 2 atom stereocenters. The number of hydrogen-bond donors (Lipinski definition) is 1. The molecule has 1 aromatic rings. The Morgan fingerprint density at radius 2 is 2.06 bits per heavy atom.